The molecule has 1 aliphatic heterocycles. The minimum absolute atomic E-state index is 0.0648. The number of hydrogen-bond acceptors (Lipinski definition) is 2. The van der Waals surface area contributed by atoms with E-state index in [1.165, 1.54) is 12.1 Å². The van der Waals surface area contributed by atoms with Gasteiger partial charge >= 0.3 is 0 Å². The fraction of sp³-hybridized carbons (Fsp3) is 0.571. The third kappa shape index (κ3) is 2.98. The molecular formula is C14H18BrF2NO. The molecule has 1 aromatic rings. The maximum absolute atomic E-state index is 14.2. The summed E-state index contributed by atoms with van der Waals surface area (Å²) in [5.41, 5.74) is 0.0648. The van der Waals surface area contributed by atoms with Crippen molar-refractivity contribution in [1.29, 1.82) is 0 Å². The average Bonchev–Trinajstić information content (AvgIpc) is 2.79. The lowest BCUT2D eigenvalue weighted by molar-refractivity contribution is 0.0588. The quantitative estimate of drug-likeness (QED) is 0.846. The highest BCUT2D eigenvalue weighted by Crippen LogP contribution is 2.35. The predicted molar refractivity (Wildman–Crippen MR) is 74.0 cm³/mol. The van der Waals surface area contributed by atoms with Gasteiger partial charge in [-0.05, 0) is 46.9 Å². The van der Waals surface area contributed by atoms with E-state index in [-0.39, 0.29) is 22.1 Å². The number of rotatable bonds is 4. The summed E-state index contributed by atoms with van der Waals surface area (Å²) in [5, 5.41) is 3.15. The van der Waals surface area contributed by atoms with Crippen molar-refractivity contribution < 1.29 is 13.5 Å². The number of nitrogens with one attached hydrogen (secondary N) is 1. The van der Waals surface area contributed by atoms with Crippen LogP contribution in [0.4, 0.5) is 8.78 Å². The van der Waals surface area contributed by atoms with Gasteiger partial charge in [0, 0.05) is 12.2 Å². The largest absolute Gasteiger partial charge is 0.376 e. The van der Waals surface area contributed by atoms with Gasteiger partial charge in [0.05, 0.1) is 16.6 Å². The molecule has 2 rings (SSSR count). The molecule has 1 aromatic carbocycles. The van der Waals surface area contributed by atoms with E-state index in [0.29, 0.717) is 13.2 Å². The van der Waals surface area contributed by atoms with E-state index in [2.05, 4.69) is 28.2 Å². The van der Waals surface area contributed by atoms with Crippen molar-refractivity contribution >= 4 is 15.9 Å². The Morgan fingerprint density at radius 2 is 2.21 bits per heavy atom. The fourth-order valence-corrected chi connectivity index (χ4v) is 2.92. The Hall–Kier alpha value is -0.520. The summed E-state index contributed by atoms with van der Waals surface area (Å²) in [6.45, 7) is 5.24. The predicted octanol–water partition coefficient (Wildman–Crippen LogP) is 3.80. The Labute approximate surface area is 120 Å². The lowest BCUT2D eigenvalue weighted by Gasteiger charge is -2.28. The molecule has 106 valence electrons. The lowest BCUT2D eigenvalue weighted by Crippen LogP contribution is -2.36. The number of benzene rings is 1. The Bertz CT molecular complexity index is 455. The van der Waals surface area contributed by atoms with Crippen LogP contribution in [0.25, 0.3) is 0 Å². The third-order valence-electron chi connectivity index (χ3n) is 3.59. The molecule has 5 heteroatoms. The monoisotopic (exact) mass is 333 g/mol. The van der Waals surface area contributed by atoms with E-state index in [4.69, 9.17) is 4.74 Å². The van der Waals surface area contributed by atoms with E-state index in [9.17, 15) is 8.78 Å². The normalized spacial score (nSPS) is 24.7. The Kier molecular flexibility index (Phi) is 4.92. The molecule has 0 radical (unpaired) electrons. The molecule has 0 bridgehead atoms. The minimum Gasteiger partial charge on any atom is -0.376 e. The second-order valence-corrected chi connectivity index (χ2v) is 5.75. The van der Waals surface area contributed by atoms with Crippen LogP contribution >= 0.6 is 15.9 Å². The van der Waals surface area contributed by atoms with Crippen molar-refractivity contribution in [2.45, 2.75) is 32.4 Å². The molecule has 3 atom stereocenters. The van der Waals surface area contributed by atoms with Gasteiger partial charge < -0.3 is 10.1 Å². The lowest BCUT2D eigenvalue weighted by atomic mass is 9.92. The first-order valence-corrected chi connectivity index (χ1v) is 7.34. The Morgan fingerprint density at radius 3 is 2.79 bits per heavy atom. The molecule has 1 aliphatic rings. The first-order chi connectivity index (χ1) is 9.06. The van der Waals surface area contributed by atoms with Gasteiger partial charge in [-0.25, -0.2) is 8.78 Å². The Morgan fingerprint density at radius 1 is 1.47 bits per heavy atom. The molecule has 0 aromatic heterocycles. The van der Waals surface area contributed by atoms with Gasteiger partial charge in [-0.15, -0.1) is 0 Å². The third-order valence-corrected chi connectivity index (χ3v) is 4.20. The average molecular weight is 334 g/mol. The highest BCUT2D eigenvalue weighted by atomic mass is 79.9. The summed E-state index contributed by atoms with van der Waals surface area (Å²) in [5.74, 6) is -0.801. The van der Waals surface area contributed by atoms with Crippen LogP contribution < -0.4 is 5.32 Å². The zero-order valence-electron chi connectivity index (χ0n) is 11.1. The van der Waals surface area contributed by atoms with Crippen molar-refractivity contribution in [3.63, 3.8) is 0 Å². The van der Waals surface area contributed by atoms with Gasteiger partial charge in [-0.2, -0.15) is 0 Å². The summed E-state index contributed by atoms with van der Waals surface area (Å²) in [6.07, 6.45) is 0.724. The van der Waals surface area contributed by atoms with Gasteiger partial charge in [0.15, 0.2) is 0 Å². The molecule has 0 spiro atoms. The molecule has 19 heavy (non-hydrogen) atoms. The van der Waals surface area contributed by atoms with E-state index >= 15 is 0 Å². The number of hydrogen-bond donors (Lipinski definition) is 1. The summed E-state index contributed by atoms with van der Waals surface area (Å²) in [4.78, 5) is 0. The van der Waals surface area contributed by atoms with Crippen LogP contribution in [0.15, 0.2) is 16.6 Å². The van der Waals surface area contributed by atoms with Gasteiger partial charge in [-0.1, -0.05) is 13.8 Å². The number of halogens is 3. The van der Waals surface area contributed by atoms with Crippen LogP contribution in [0, 0.1) is 17.6 Å². The first-order valence-electron chi connectivity index (χ1n) is 6.54. The minimum atomic E-state index is -0.548. The summed E-state index contributed by atoms with van der Waals surface area (Å²) >= 11 is 3.11. The summed E-state index contributed by atoms with van der Waals surface area (Å²) in [6, 6.07) is 2.21. The first kappa shape index (κ1) is 14.9. The van der Waals surface area contributed by atoms with Crippen molar-refractivity contribution in [2.75, 3.05) is 13.2 Å². The highest BCUT2D eigenvalue weighted by Gasteiger charge is 2.36. The maximum atomic E-state index is 14.2. The molecule has 1 saturated heterocycles. The van der Waals surface area contributed by atoms with Gasteiger partial charge in [-0.3, -0.25) is 0 Å². The second kappa shape index (κ2) is 6.29. The zero-order valence-corrected chi connectivity index (χ0v) is 12.6. The number of likely N-dealkylation sites (N-methyl/N-ethyl adjacent to an activating group) is 1. The summed E-state index contributed by atoms with van der Waals surface area (Å²) in [7, 11) is 0. The standard InChI is InChI=1S/C14H18BrF2NO/c1-3-18-13(14-8(2)6-7-19-14)11-10(16)5-4-9(15)12(11)17/h4-5,8,13-14,18H,3,6-7H2,1-2H3. The van der Waals surface area contributed by atoms with Gasteiger partial charge in [0.25, 0.3) is 0 Å². The molecule has 0 aliphatic carbocycles. The maximum Gasteiger partial charge on any atom is 0.145 e. The van der Waals surface area contributed by atoms with Crippen LogP contribution in [0.2, 0.25) is 0 Å². The van der Waals surface area contributed by atoms with Crippen molar-refractivity contribution in [3.05, 3.63) is 33.8 Å². The molecule has 0 amide bonds. The van der Waals surface area contributed by atoms with Crippen LogP contribution in [-0.4, -0.2) is 19.3 Å². The molecule has 1 fully saturated rings. The molecule has 0 saturated carbocycles. The molecule has 2 nitrogen and oxygen atoms in total. The molecule has 3 unspecified atom stereocenters. The van der Waals surface area contributed by atoms with Crippen LogP contribution in [-0.2, 0) is 4.74 Å². The van der Waals surface area contributed by atoms with E-state index in [1.807, 2.05) is 6.92 Å². The molecule has 1 N–H and O–H groups in total. The van der Waals surface area contributed by atoms with E-state index in [1.54, 1.807) is 0 Å². The molecular weight excluding hydrogens is 316 g/mol. The van der Waals surface area contributed by atoms with Crippen LogP contribution in [0.1, 0.15) is 31.9 Å². The highest BCUT2D eigenvalue weighted by molar-refractivity contribution is 9.10. The van der Waals surface area contributed by atoms with E-state index in [0.717, 1.165) is 6.42 Å². The SMILES string of the molecule is CCNC(c1c(F)ccc(Br)c1F)C1OCCC1C. The van der Waals surface area contributed by atoms with Gasteiger partial charge in [0.1, 0.15) is 11.6 Å². The van der Waals surface area contributed by atoms with Crippen molar-refractivity contribution in [1.82, 2.24) is 5.32 Å². The fourth-order valence-electron chi connectivity index (χ4n) is 2.57. The molecule has 1 heterocycles. The van der Waals surface area contributed by atoms with E-state index < -0.39 is 17.7 Å². The second-order valence-electron chi connectivity index (χ2n) is 4.89. The van der Waals surface area contributed by atoms with Gasteiger partial charge in [0.2, 0.25) is 0 Å². The van der Waals surface area contributed by atoms with Crippen LogP contribution in [0.3, 0.4) is 0 Å². The topological polar surface area (TPSA) is 21.3 Å². The summed E-state index contributed by atoms with van der Waals surface area (Å²) < 4.78 is 34.2. The van der Waals surface area contributed by atoms with Crippen molar-refractivity contribution in [3.8, 4) is 0 Å². The van der Waals surface area contributed by atoms with Crippen molar-refractivity contribution in [2.24, 2.45) is 5.92 Å². The Balaban J connectivity index is 2.41. The zero-order chi connectivity index (χ0) is 14.0. The smallest absolute Gasteiger partial charge is 0.145 e. The van der Waals surface area contributed by atoms with Crippen LogP contribution in [0.5, 0.6) is 0 Å². The number of ether oxygens (including phenoxy) is 1.